The van der Waals surface area contributed by atoms with E-state index in [1.807, 2.05) is 24.3 Å². The van der Waals surface area contributed by atoms with Gasteiger partial charge in [0.2, 0.25) is 5.91 Å². The van der Waals surface area contributed by atoms with E-state index in [9.17, 15) is 13.6 Å². The number of rotatable bonds is 2. The van der Waals surface area contributed by atoms with Crippen molar-refractivity contribution in [1.29, 1.82) is 0 Å². The number of benzene rings is 2. The van der Waals surface area contributed by atoms with Crippen LogP contribution in [0, 0.1) is 11.6 Å². The van der Waals surface area contributed by atoms with Crippen molar-refractivity contribution in [2.24, 2.45) is 0 Å². The lowest BCUT2D eigenvalue weighted by Gasteiger charge is -2.25. The number of hydrogen-bond donors (Lipinski definition) is 2. The molecule has 5 heteroatoms. The van der Waals surface area contributed by atoms with Crippen molar-refractivity contribution in [3.8, 4) is 0 Å². The van der Waals surface area contributed by atoms with E-state index in [1.54, 1.807) is 0 Å². The largest absolute Gasteiger partial charge is 0.325 e. The fourth-order valence-electron chi connectivity index (χ4n) is 2.50. The zero-order valence-corrected chi connectivity index (χ0v) is 11.2. The summed E-state index contributed by atoms with van der Waals surface area (Å²) in [5.41, 5.74) is 2.40. The van der Waals surface area contributed by atoms with E-state index in [2.05, 4.69) is 10.6 Å². The summed E-state index contributed by atoms with van der Waals surface area (Å²) in [5, 5.41) is 5.67. The minimum Gasteiger partial charge on any atom is -0.325 e. The summed E-state index contributed by atoms with van der Waals surface area (Å²) in [4.78, 5) is 12.2. The Kier molecular flexibility index (Phi) is 3.66. The van der Waals surface area contributed by atoms with Gasteiger partial charge in [0, 0.05) is 18.3 Å². The number of carbonyl (C=O) groups is 1. The van der Waals surface area contributed by atoms with Gasteiger partial charge < -0.3 is 10.6 Å². The van der Waals surface area contributed by atoms with Gasteiger partial charge in [0.25, 0.3) is 0 Å². The number of anilines is 1. The van der Waals surface area contributed by atoms with Crippen molar-refractivity contribution in [1.82, 2.24) is 5.32 Å². The summed E-state index contributed by atoms with van der Waals surface area (Å²) in [6.45, 7) is 0.603. The summed E-state index contributed by atoms with van der Waals surface area (Å²) in [6, 6.07) is 10.4. The van der Waals surface area contributed by atoms with E-state index >= 15 is 0 Å². The van der Waals surface area contributed by atoms with E-state index in [4.69, 9.17) is 0 Å². The Morgan fingerprint density at radius 3 is 2.48 bits per heavy atom. The number of amides is 1. The van der Waals surface area contributed by atoms with Crippen LogP contribution < -0.4 is 10.6 Å². The van der Waals surface area contributed by atoms with Crippen LogP contribution in [0.5, 0.6) is 0 Å². The van der Waals surface area contributed by atoms with Gasteiger partial charge in [-0.15, -0.1) is 0 Å². The first-order valence-electron chi connectivity index (χ1n) is 6.69. The molecule has 2 aromatic rings. The third-order valence-electron chi connectivity index (χ3n) is 3.53. The Morgan fingerprint density at radius 1 is 1.10 bits per heavy atom. The molecule has 1 amide bonds. The monoisotopic (exact) mass is 288 g/mol. The number of carbonyl (C=O) groups excluding carboxylic acids is 1. The standard InChI is InChI=1S/C16H14F2N2O/c17-12-6-13(18)8-14(7-12)20-16(21)15-5-10-3-1-2-4-11(10)9-19-15/h1-4,6-8,15,19H,5,9H2,(H,20,21)/t15-/m1/s1. The third-order valence-corrected chi connectivity index (χ3v) is 3.53. The molecule has 0 radical (unpaired) electrons. The highest BCUT2D eigenvalue weighted by atomic mass is 19.1. The summed E-state index contributed by atoms with van der Waals surface area (Å²) in [6.07, 6.45) is 0.555. The zero-order valence-electron chi connectivity index (χ0n) is 11.2. The first-order valence-corrected chi connectivity index (χ1v) is 6.69. The molecule has 1 heterocycles. The van der Waals surface area contributed by atoms with Crippen LogP contribution in [-0.2, 0) is 17.8 Å². The van der Waals surface area contributed by atoms with Gasteiger partial charge in [0.05, 0.1) is 6.04 Å². The Bertz CT molecular complexity index is 667. The fraction of sp³-hybridized carbons (Fsp3) is 0.188. The summed E-state index contributed by atoms with van der Waals surface area (Å²) in [7, 11) is 0. The van der Waals surface area contributed by atoms with Gasteiger partial charge in [-0.1, -0.05) is 24.3 Å². The van der Waals surface area contributed by atoms with Gasteiger partial charge in [-0.2, -0.15) is 0 Å². The van der Waals surface area contributed by atoms with Gasteiger partial charge in [-0.25, -0.2) is 8.78 Å². The fourth-order valence-corrected chi connectivity index (χ4v) is 2.50. The molecule has 0 fully saturated rings. The molecular formula is C16H14F2N2O. The molecular weight excluding hydrogens is 274 g/mol. The van der Waals surface area contributed by atoms with Crippen LogP contribution in [0.2, 0.25) is 0 Å². The molecule has 2 N–H and O–H groups in total. The van der Waals surface area contributed by atoms with Crippen molar-refractivity contribution in [2.75, 3.05) is 5.32 Å². The van der Waals surface area contributed by atoms with Crippen LogP contribution in [0.15, 0.2) is 42.5 Å². The quantitative estimate of drug-likeness (QED) is 0.892. The number of fused-ring (bicyclic) bond motifs is 1. The Morgan fingerprint density at radius 2 is 1.76 bits per heavy atom. The van der Waals surface area contributed by atoms with Crippen molar-refractivity contribution in [3.63, 3.8) is 0 Å². The van der Waals surface area contributed by atoms with Crippen LogP contribution in [0.25, 0.3) is 0 Å². The van der Waals surface area contributed by atoms with Crippen molar-refractivity contribution in [2.45, 2.75) is 19.0 Å². The molecule has 108 valence electrons. The van der Waals surface area contributed by atoms with Gasteiger partial charge >= 0.3 is 0 Å². The molecule has 1 aliphatic rings. The number of halogens is 2. The van der Waals surface area contributed by atoms with E-state index in [-0.39, 0.29) is 11.6 Å². The predicted molar refractivity (Wildman–Crippen MR) is 75.8 cm³/mol. The van der Waals surface area contributed by atoms with Crippen LogP contribution in [0.4, 0.5) is 14.5 Å². The second-order valence-corrected chi connectivity index (χ2v) is 5.05. The van der Waals surface area contributed by atoms with E-state index in [0.29, 0.717) is 13.0 Å². The first kappa shape index (κ1) is 13.7. The number of nitrogens with one attached hydrogen (secondary N) is 2. The van der Waals surface area contributed by atoms with Gasteiger partial charge in [-0.05, 0) is 29.7 Å². The average molecular weight is 288 g/mol. The molecule has 2 aromatic carbocycles. The molecule has 1 atom stereocenters. The van der Waals surface area contributed by atoms with E-state index in [0.717, 1.165) is 23.8 Å². The molecule has 21 heavy (non-hydrogen) atoms. The summed E-state index contributed by atoms with van der Waals surface area (Å²) < 4.78 is 26.2. The molecule has 0 bridgehead atoms. The van der Waals surface area contributed by atoms with E-state index in [1.165, 1.54) is 5.56 Å². The first-order chi connectivity index (χ1) is 10.1. The van der Waals surface area contributed by atoms with Crippen LogP contribution in [-0.4, -0.2) is 11.9 Å². The molecule has 3 nitrogen and oxygen atoms in total. The molecule has 1 aliphatic heterocycles. The predicted octanol–water partition coefficient (Wildman–Crippen LogP) is 2.62. The molecule has 3 rings (SSSR count). The smallest absolute Gasteiger partial charge is 0.241 e. The minimum absolute atomic E-state index is 0.123. The van der Waals surface area contributed by atoms with Gasteiger partial charge in [0.15, 0.2) is 0 Å². The zero-order chi connectivity index (χ0) is 14.8. The molecule has 0 saturated carbocycles. The maximum Gasteiger partial charge on any atom is 0.241 e. The van der Waals surface area contributed by atoms with Crippen molar-refractivity contribution in [3.05, 3.63) is 65.2 Å². The topological polar surface area (TPSA) is 41.1 Å². The Hall–Kier alpha value is -2.27. The van der Waals surface area contributed by atoms with Gasteiger partial charge in [-0.3, -0.25) is 4.79 Å². The van der Waals surface area contributed by atoms with Crippen LogP contribution in [0.1, 0.15) is 11.1 Å². The highest BCUT2D eigenvalue weighted by molar-refractivity contribution is 5.95. The third kappa shape index (κ3) is 3.08. The van der Waals surface area contributed by atoms with Crippen LogP contribution in [0.3, 0.4) is 0 Å². The molecule has 0 aromatic heterocycles. The van der Waals surface area contributed by atoms with E-state index < -0.39 is 17.7 Å². The average Bonchev–Trinajstić information content (AvgIpc) is 2.45. The molecule has 0 spiro atoms. The van der Waals surface area contributed by atoms with Gasteiger partial charge in [0.1, 0.15) is 11.6 Å². The van der Waals surface area contributed by atoms with Crippen molar-refractivity contribution < 1.29 is 13.6 Å². The highest BCUT2D eigenvalue weighted by Crippen LogP contribution is 2.18. The maximum absolute atomic E-state index is 13.1. The van der Waals surface area contributed by atoms with Crippen LogP contribution >= 0.6 is 0 Å². The molecule has 0 saturated heterocycles. The normalized spacial score (nSPS) is 17.1. The summed E-state index contributed by atoms with van der Waals surface area (Å²) in [5.74, 6) is -1.73. The molecule has 0 unspecified atom stereocenters. The second kappa shape index (κ2) is 5.61. The SMILES string of the molecule is O=C(Nc1cc(F)cc(F)c1)[C@H]1Cc2ccccc2CN1. The van der Waals surface area contributed by atoms with Crippen molar-refractivity contribution >= 4 is 11.6 Å². The maximum atomic E-state index is 13.1. The highest BCUT2D eigenvalue weighted by Gasteiger charge is 2.24. The lowest BCUT2D eigenvalue weighted by atomic mass is 9.95. The lowest BCUT2D eigenvalue weighted by Crippen LogP contribution is -2.44. The Labute approximate surface area is 121 Å². The number of hydrogen-bond acceptors (Lipinski definition) is 2. The lowest BCUT2D eigenvalue weighted by molar-refractivity contribution is -0.118. The Balaban J connectivity index is 1.72. The summed E-state index contributed by atoms with van der Waals surface area (Å²) >= 11 is 0. The second-order valence-electron chi connectivity index (χ2n) is 5.05. The molecule has 0 aliphatic carbocycles. The minimum atomic E-state index is -0.716.